The molecule has 2 aromatic rings. The largest absolute Gasteiger partial charge is 0.497 e. The second kappa shape index (κ2) is 8.73. The first-order valence-corrected chi connectivity index (χ1v) is 7.87. The van der Waals surface area contributed by atoms with Gasteiger partial charge in [-0.2, -0.15) is 0 Å². The molecule has 0 bridgehead atoms. The summed E-state index contributed by atoms with van der Waals surface area (Å²) in [5.74, 6) is -0.155. The molecule has 0 saturated heterocycles. The first-order chi connectivity index (χ1) is 12.0. The van der Waals surface area contributed by atoms with Gasteiger partial charge in [-0.05, 0) is 36.8 Å². The van der Waals surface area contributed by atoms with Crippen molar-refractivity contribution in [1.82, 2.24) is 5.32 Å². The highest BCUT2D eigenvalue weighted by molar-refractivity contribution is 5.82. The Labute approximate surface area is 146 Å². The van der Waals surface area contributed by atoms with Gasteiger partial charge in [0, 0.05) is 0 Å². The van der Waals surface area contributed by atoms with Crippen molar-refractivity contribution in [3.63, 3.8) is 0 Å². The van der Waals surface area contributed by atoms with Gasteiger partial charge in [0.2, 0.25) is 0 Å². The molecule has 0 aromatic heterocycles. The highest BCUT2D eigenvalue weighted by atomic mass is 16.5. The SMILES string of the molecule is COc1ccc([C@H](CC(=O)O)NC(=O)[C@H](C)Oc2ccccc2)cc1. The van der Waals surface area contributed by atoms with Gasteiger partial charge in [0.25, 0.3) is 5.91 Å². The molecule has 6 nitrogen and oxygen atoms in total. The van der Waals surface area contributed by atoms with Crippen molar-refractivity contribution in [3.8, 4) is 11.5 Å². The molecular weight excluding hydrogens is 322 g/mol. The topological polar surface area (TPSA) is 84.9 Å². The van der Waals surface area contributed by atoms with Gasteiger partial charge in [-0.3, -0.25) is 9.59 Å². The molecule has 2 atom stereocenters. The Morgan fingerprint density at radius 3 is 2.24 bits per heavy atom. The molecule has 0 spiro atoms. The molecule has 2 rings (SSSR count). The van der Waals surface area contributed by atoms with E-state index >= 15 is 0 Å². The number of nitrogens with one attached hydrogen (secondary N) is 1. The molecule has 0 heterocycles. The van der Waals surface area contributed by atoms with Gasteiger partial charge in [0.05, 0.1) is 19.6 Å². The Hall–Kier alpha value is -3.02. The Kier molecular flexibility index (Phi) is 6.39. The fraction of sp³-hybridized carbons (Fsp3) is 0.263. The molecule has 0 saturated carbocycles. The maximum Gasteiger partial charge on any atom is 0.305 e. The number of hydrogen-bond donors (Lipinski definition) is 2. The molecule has 2 aromatic carbocycles. The van der Waals surface area contributed by atoms with Crippen LogP contribution in [0.25, 0.3) is 0 Å². The third-order valence-corrected chi connectivity index (χ3v) is 3.64. The number of ether oxygens (including phenoxy) is 2. The summed E-state index contributed by atoms with van der Waals surface area (Å²) >= 11 is 0. The van der Waals surface area contributed by atoms with Crippen LogP contribution in [0.3, 0.4) is 0 Å². The summed E-state index contributed by atoms with van der Waals surface area (Å²) < 4.78 is 10.7. The van der Waals surface area contributed by atoms with E-state index in [1.165, 1.54) is 0 Å². The number of benzene rings is 2. The highest BCUT2D eigenvalue weighted by Crippen LogP contribution is 2.21. The van der Waals surface area contributed by atoms with Crippen LogP contribution in [-0.4, -0.2) is 30.2 Å². The molecule has 132 valence electrons. The van der Waals surface area contributed by atoms with E-state index in [0.29, 0.717) is 17.1 Å². The molecule has 1 amide bonds. The Balaban J connectivity index is 2.07. The molecule has 0 fully saturated rings. The van der Waals surface area contributed by atoms with Gasteiger partial charge >= 0.3 is 5.97 Å². The van der Waals surface area contributed by atoms with E-state index < -0.39 is 18.1 Å². The molecule has 0 aliphatic carbocycles. The molecule has 0 aliphatic rings. The van der Waals surface area contributed by atoms with Gasteiger partial charge < -0.3 is 19.9 Å². The number of hydrogen-bond acceptors (Lipinski definition) is 4. The monoisotopic (exact) mass is 343 g/mol. The van der Waals surface area contributed by atoms with Crippen LogP contribution < -0.4 is 14.8 Å². The minimum absolute atomic E-state index is 0.226. The van der Waals surface area contributed by atoms with Crippen molar-refractivity contribution >= 4 is 11.9 Å². The number of aliphatic carboxylic acids is 1. The number of carbonyl (C=O) groups excluding carboxylic acids is 1. The second-order valence-corrected chi connectivity index (χ2v) is 5.51. The van der Waals surface area contributed by atoms with Gasteiger partial charge in [-0.15, -0.1) is 0 Å². The number of amides is 1. The van der Waals surface area contributed by atoms with Gasteiger partial charge in [0.1, 0.15) is 11.5 Å². The van der Waals surface area contributed by atoms with E-state index in [2.05, 4.69) is 5.32 Å². The third-order valence-electron chi connectivity index (χ3n) is 3.64. The Morgan fingerprint density at radius 1 is 1.04 bits per heavy atom. The smallest absolute Gasteiger partial charge is 0.305 e. The van der Waals surface area contributed by atoms with E-state index in [1.54, 1.807) is 50.4 Å². The lowest BCUT2D eigenvalue weighted by Gasteiger charge is -2.21. The average Bonchev–Trinajstić information content (AvgIpc) is 2.61. The number of methoxy groups -OCH3 is 1. The number of para-hydroxylation sites is 1. The molecule has 0 aliphatic heterocycles. The summed E-state index contributed by atoms with van der Waals surface area (Å²) in [6.45, 7) is 1.62. The van der Waals surface area contributed by atoms with Gasteiger partial charge in [-0.25, -0.2) is 0 Å². The highest BCUT2D eigenvalue weighted by Gasteiger charge is 2.22. The van der Waals surface area contributed by atoms with Crippen LogP contribution in [-0.2, 0) is 9.59 Å². The fourth-order valence-electron chi connectivity index (χ4n) is 2.31. The van der Waals surface area contributed by atoms with Crippen molar-refractivity contribution < 1.29 is 24.2 Å². The van der Waals surface area contributed by atoms with Crippen molar-refractivity contribution in [2.24, 2.45) is 0 Å². The maximum atomic E-state index is 12.4. The van der Waals surface area contributed by atoms with Crippen LogP contribution in [0.2, 0.25) is 0 Å². The molecule has 25 heavy (non-hydrogen) atoms. The lowest BCUT2D eigenvalue weighted by molar-refractivity contribution is -0.138. The van der Waals surface area contributed by atoms with Crippen LogP contribution in [0.15, 0.2) is 54.6 Å². The zero-order valence-electron chi connectivity index (χ0n) is 14.1. The first-order valence-electron chi connectivity index (χ1n) is 7.87. The van der Waals surface area contributed by atoms with Crippen LogP contribution >= 0.6 is 0 Å². The Morgan fingerprint density at radius 2 is 1.68 bits per heavy atom. The predicted molar refractivity (Wildman–Crippen MR) is 92.7 cm³/mol. The Bertz CT molecular complexity index is 700. The number of carboxylic acids is 1. The molecule has 0 unspecified atom stereocenters. The predicted octanol–water partition coefficient (Wildman–Crippen LogP) is 2.79. The van der Waals surface area contributed by atoms with E-state index in [9.17, 15) is 9.59 Å². The number of rotatable bonds is 8. The van der Waals surface area contributed by atoms with Crippen molar-refractivity contribution in [2.45, 2.75) is 25.5 Å². The average molecular weight is 343 g/mol. The summed E-state index contributed by atoms with van der Waals surface area (Å²) in [7, 11) is 1.55. The molecule has 6 heteroatoms. The zero-order valence-corrected chi connectivity index (χ0v) is 14.1. The van der Waals surface area contributed by atoms with E-state index in [4.69, 9.17) is 14.6 Å². The summed E-state index contributed by atoms with van der Waals surface area (Å²) in [4.78, 5) is 23.5. The van der Waals surface area contributed by atoms with E-state index in [0.717, 1.165) is 0 Å². The summed E-state index contributed by atoms with van der Waals surface area (Å²) in [5, 5.41) is 11.9. The minimum Gasteiger partial charge on any atom is -0.497 e. The number of carbonyl (C=O) groups is 2. The second-order valence-electron chi connectivity index (χ2n) is 5.51. The minimum atomic E-state index is -1.00. The van der Waals surface area contributed by atoms with Crippen molar-refractivity contribution in [2.75, 3.05) is 7.11 Å². The van der Waals surface area contributed by atoms with E-state index in [-0.39, 0.29) is 12.3 Å². The van der Waals surface area contributed by atoms with Crippen LogP contribution in [0, 0.1) is 0 Å². The normalized spacial score (nSPS) is 12.7. The summed E-state index contributed by atoms with van der Waals surface area (Å²) in [5.41, 5.74) is 0.684. The molecule has 2 N–H and O–H groups in total. The van der Waals surface area contributed by atoms with E-state index in [1.807, 2.05) is 18.2 Å². The fourth-order valence-corrected chi connectivity index (χ4v) is 2.31. The quantitative estimate of drug-likeness (QED) is 0.770. The van der Waals surface area contributed by atoms with Gasteiger partial charge in [0.15, 0.2) is 6.10 Å². The zero-order chi connectivity index (χ0) is 18.2. The first kappa shape index (κ1) is 18.3. The lowest BCUT2D eigenvalue weighted by Crippen LogP contribution is -2.39. The maximum absolute atomic E-state index is 12.4. The van der Waals surface area contributed by atoms with Crippen LogP contribution in [0.5, 0.6) is 11.5 Å². The lowest BCUT2D eigenvalue weighted by atomic mass is 10.0. The molecular formula is C19H21NO5. The summed E-state index contributed by atoms with van der Waals surface area (Å²) in [6.07, 6.45) is -0.979. The number of carboxylic acid groups (broad SMARTS) is 1. The standard InChI is InChI=1S/C19H21NO5/c1-13(25-16-6-4-3-5-7-16)19(23)20-17(12-18(21)22)14-8-10-15(24-2)11-9-14/h3-11,13,17H,12H2,1-2H3,(H,20,23)(H,21,22)/t13-,17-/m0/s1. The summed E-state index contributed by atoms with van der Waals surface area (Å²) in [6, 6.07) is 15.2. The van der Waals surface area contributed by atoms with Crippen molar-refractivity contribution in [3.05, 3.63) is 60.2 Å². The van der Waals surface area contributed by atoms with Crippen LogP contribution in [0.1, 0.15) is 24.9 Å². The molecule has 0 radical (unpaired) electrons. The van der Waals surface area contributed by atoms with Gasteiger partial charge in [-0.1, -0.05) is 30.3 Å². The van der Waals surface area contributed by atoms with Crippen molar-refractivity contribution in [1.29, 1.82) is 0 Å². The third kappa shape index (κ3) is 5.53. The van der Waals surface area contributed by atoms with Crippen LogP contribution in [0.4, 0.5) is 0 Å².